The number of carbonyl (C=O) groups is 1. The molecule has 1 fully saturated rings. The lowest BCUT2D eigenvalue weighted by Gasteiger charge is -2.30. The number of nitrogens with zero attached hydrogens (tertiary/aromatic N) is 1. The zero-order chi connectivity index (χ0) is 15.2. The summed E-state index contributed by atoms with van der Waals surface area (Å²) in [5.41, 5.74) is 1.39. The molecule has 1 aliphatic heterocycles. The summed E-state index contributed by atoms with van der Waals surface area (Å²) in [5.74, 6) is 0.531. The molecular formula is C18H27NO2. The summed E-state index contributed by atoms with van der Waals surface area (Å²) in [7, 11) is 0. The lowest BCUT2D eigenvalue weighted by molar-refractivity contribution is -0.137. The molecule has 1 saturated heterocycles. The van der Waals surface area contributed by atoms with E-state index in [-0.39, 0.29) is 0 Å². The van der Waals surface area contributed by atoms with E-state index in [4.69, 9.17) is 5.11 Å². The molecule has 1 aromatic rings. The summed E-state index contributed by atoms with van der Waals surface area (Å²) < 4.78 is 0. The highest BCUT2D eigenvalue weighted by Gasteiger charge is 2.29. The van der Waals surface area contributed by atoms with Gasteiger partial charge in [-0.1, -0.05) is 44.2 Å². The largest absolute Gasteiger partial charge is 0.481 e. The van der Waals surface area contributed by atoms with Crippen molar-refractivity contribution >= 4 is 5.97 Å². The highest BCUT2D eigenvalue weighted by atomic mass is 16.4. The van der Waals surface area contributed by atoms with Crippen LogP contribution >= 0.6 is 0 Å². The van der Waals surface area contributed by atoms with Crippen LogP contribution < -0.4 is 0 Å². The molecule has 2 atom stereocenters. The summed E-state index contributed by atoms with van der Waals surface area (Å²) in [6, 6.07) is 11.2. The maximum atomic E-state index is 10.7. The van der Waals surface area contributed by atoms with Gasteiger partial charge in [0.1, 0.15) is 0 Å². The molecular weight excluding hydrogens is 262 g/mol. The Balaban J connectivity index is 2.00. The highest BCUT2D eigenvalue weighted by Crippen LogP contribution is 2.33. The molecule has 116 valence electrons. The predicted octanol–water partition coefficient (Wildman–Crippen LogP) is 3.96. The van der Waals surface area contributed by atoms with Crippen LogP contribution in [0, 0.1) is 11.8 Å². The fourth-order valence-electron chi connectivity index (χ4n) is 3.33. The minimum Gasteiger partial charge on any atom is -0.481 e. The number of rotatable bonds is 7. The van der Waals surface area contributed by atoms with Gasteiger partial charge in [0.25, 0.3) is 0 Å². The molecule has 0 saturated carbocycles. The third kappa shape index (κ3) is 4.85. The Labute approximate surface area is 128 Å². The van der Waals surface area contributed by atoms with Crippen LogP contribution in [0.25, 0.3) is 0 Å². The molecule has 3 nitrogen and oxygen atoms in total. The van der Waals surface area contributed by atoms with Crippen molar-refractivity contribution in [2.24, 2.45) is 11.8 Å². The van der Waals surface area contributed by atoms with Crippen LogP contribution in [0.5, 0.6) is 0 Å². The van der Waals surface area contributed by atoms with Crippen molar-refractivity contribution in [2.75, 3.05) is 13.1 Å². The van der Waals surface area contributed by atoms with Crippen molar-refractivity contribution in [3.63, 3.8) is 0 Å². The van der Waals surface area contributed by atoms with Crippen molar-refractivity contribution in [3.8, 4) is 0 Å². The zero-order valence-electron chi connectivity index (χ0n) is 13.2. The fraction of sp³-hybridized carbons (Fsp3) is 0.611. The normalized spacial score (nSPS) is 20.8. The molecule has 2 unspecified atom stereocenters. The topological polar surface area (TPSA) is 40.5 Å². The van der Waals surface area contributed by atoms with Gasteiger partial charge in [-0.15, -0.1) is 0 Å². The van der Waals surface area contributed by atoms with E-state index >= 15 is 0 Å². The van der Waals surface area contributed by atoms with Gasteiger partial charge in [0.05, 0.1) is 0 Å². The number of carboxylic acids is 1. The maximum absolute atomic E-state index is 10.7. The molecule has 0 radical (unpaired) electrons. The van der Waals surface area contributed by atoms with Gasteiger partial charge in [-0.25, -0.2) is 0 Å². The lowest BCUT2D eigenvalue weighted by Crippen LogP contribution is -2.28. The first-order chi connectivity index (χ1) is 10.1. The first kappa shape index (κ1) is 16.0. The Bertz CT molecular complexity index is 444. The number of hydrogen-bond acceptors (Lipinski definition) is 2. The summed E-state index contributed by atoms with van der Waals surface area (Å²) >= 11 is 0. The average Bonchev–Trinajstić information content (AvgIpc) is 2.92. The first-order valence-electron chi connectivity index (χ1n) is 8.07. The van der Waals surface area contributed by atoms with E-state index in [1.165, 1.54) is 5.56 Å². The molecule has 0 aromatic heterocycles. The molecule has 1 heterocycles. The molecule has 3 heteroatoms. The van der Waals surface area contributed by atoms with Crippen molar-refractivity contribution < 1.29 is 9.90 Å². The molecule has 0 amide bonds. The third-order valence-electron chi connectivity index (χ3n) is 4.40. The van der Waals surface area contributed by atoms with Gasteiger partial charge in [0, 0.05) is 19.0 Å². The number of hydrogen-bond donors (Lipinski definition) is 1. The molecule has 1 aromatic carbocycles. The smallest absolute Gasteiger partial charge is 0.303 e. The second kappa shape index (κ2) is 7.60. The molecule has 0 spiro atoms. The minimum atomic E-state index is -0.671. The van der Waals surface area contributed by atoms with Crippen LogP contribution in [0.15, 0.2) is 30.3 Å². The number of aliphatic carboxylic acids is 1. The van der Waals surface area contributed by atoms with E-state index in [1.807, 2.05) is 0 Å². The van der Waals surface area contributed by atoms with Crippen molar-refractivity contribution in [3.05, 3.63) is 35.9 Å². The van der Waals surface area contributed by atoms with Crippen molar-refractivity contribution in [1.82, 2.24) is 4.90 Å². The molecule has 2 rings (SSSR count). The summed E-state index contributed by atoms with van der Waals surface area (Å²) in [4.78, 5) is 13.3. The van der Waals surface area contributed by atoms with Crippen LogP contribution in [-0.2, 0) is 4.79 Å². The Morgan fingerprint density at radius 2 is 2.05 bits per heavy atom. The second-order valence-electron chi connectivity index (χ2n) is 6.64. The predicted molar refractivity (Wildman–Crippen MR) is 85.2 cm³/mol. The quantitative estimate of drug-likeness (QED) is 0.826. The van der Waals surface area contributed by atoms with E-state index < -0.39 is 5.97 Å². The van der Waals surface area contributed by atoms with E-state index in [1.54, 1.807) is 0 Å². The molecule has 0 bridgehead atoms. The monoisotopic (exact) mass is 289 g/mol. The van der Waals surface area contributed by atoms with E-state index in [0.717, 1.165) is 32.4 Å². The first-order valence-corrected chi connectivity index (χ1v) is 8.07. The van der Waals surface area contributed by atoms with Gasteiger partial charge in [0.15, 0.2) is 0 Å². The van der Waals surface area contributed by atoms with Crippen LogP contribution in [0.2, 0.25) is 0 Å². The fourth-order valence-corrected chi connectivity index (χ4v) is 3.33. The SMILES string of the molecule is CC(C)CC(c1ccccc1)N1CCC(CCC(=O)O)C1. The minimum absolute atomic E-state index is 0.304. The summed E-state index contributed by atoms with van der Waals surface area (Å²) in [5, 5.41) is 8.83. The Hall–Kier alpha value is -1.35. The van der Waals surface area contributed by atoms with Gasteiger partial charge in [-0.2, -0.15) is 0 Å². The Morgan fingerprint density at radius 3 is 2.67 bits per heavy atom. The number of carboxylic acid groups (broad SMARTS) is 1. The van der Waals surface area contributed by atoms with Gasteiger partial charge < -0.3 is 5.11 Å². The van der Waals surface area contributed by atoms with Gasteiger partial charge in [-0.05, 0) is 43.2 Å². The van der Waals surface area contributed by atoms with Crippen molar-refractivity contribution in [1.29, 1.82) is 0 Å². The Morgan fingerprint density at radius 1 is 1.33 bits per heavy atom. The van der Waals surface area contributed by atoms with Crippen LogP contribution in [0.3, 0.4) is 0 Å². The number of benzene rings is 1. The Kier molecular flexibility index (Phi) is 5.80. The van der Waals surface area contributed by atoms with E-state index in [0.29, 0.717) is 24.3 Å². The average molecular weight is 289 g/mol. The van der Waals surface area contributed by atoms with Gasteiger partial charge in [0.2, 0.25) is 0 Å². The summed E-state index contributed by atoms with van der Waals surface area (Å²) in [6.07, 6.45) is 3.41. The molecule has 21 heavy (non-hydrogen) atoms. The molecule has 1 N–H and O–H groups in total. The number of likely N-dealkylation sites (tertiary alicyclic amines) is 1. The lowest BCUT2D eigenvalue weighted by atomic mass is 9.95. The second-order valence-corrected chi connectivity index (χ2v) is 6.64. The van der Waals surface area contributed by atoms with E-state index in [2.05, 4.69) is 49.1 Å². The standard InChI is InChI=1S/C18H27NO2/c1-14(2)12-17(16-6-4-3-5-7-16)19-11-10-15(13-19)8-9-18(20)21/h3-7,14-15,17H,8-13H2,1-2H3,(H,20,21). The zero-order valence-corrected chi connectivity index (χ0v) is 13.2. The van der Waals surface area contributed by atoms with Gasteiger partial charge >= 0.3 is 5.97 Å². The van der Waals surface area contributed by atoms with Crippen LogP contribution in [-0.4, -0.2) is 29.1 Å². The van der Waals surface area contributed by atoms with Crippen molar-refractivity contribution in [2.45, 2.75) is 45.6 Å². The highest BCUT2D eigenvalue weighted by molar-refractivity contribution is 5.66. The van der Waals surface area contributed by atoms with Crippen LogP contribution in [0.1, 0.15) is 51.1 Å². The molecule has 1 aliphatic rings. The van der Waals surface area contributed by atoms with Crippen LogP contribution in [0.4, 0.5) is 0 Å². The van der Waals surface area contributed by atoms with Gasteiger partial charge in [-0.3, -0.25) is 9.69 Å². The molecule has 0 aliphatic carbocycles. The maximum Gasteiger partial charge on any atom is 0.303 e. The van der Waals surface area contributed by atoms with E-state index in [9.17, 15) is 4.79 Å². The summed E-state index contributed by atoms with van der Waals surface area (Å²) in [6.45, 7) is 6.68. The third-order valence-corrected chi connectivity index (χ3v) is 4.40.